The Kier molecular flexibility index (Phi) is 6.80. The van der Waals surface area contributed by atoms with E-state index >= 15 is 0 Å². The van der Waals surface area contributed by atoms with Crippen LogP contribution in [0.3, 0.4) is 0 Å². The van der Waals surface area contributed by atoms with Crippen LogP contribution in [0, 0.1) is 12.7 Å². The van der Waals surface area contributed by atoms with Crippen LogP contribution in [0.5, 0.6) is 11.5 Å². The number of allylic oxidation sites excluding steroid dienone is 1. The molecule has 0 spiro atoms. The predicted molar refractivity (Wildman–Crippen MR) is 121 cm³/mol. The second-order valence-corrected chi connectivity index (χ2v) is 7.37. The minimum atomic E-state index is -0.573. The molecule has 1 aliphatic rings. The Balaban J connectivity index is 2.13. The van der Waals surface area contributed by atoms with Crippen molar-refractivity contribution in [1.82, 2.24) is 5.32 Å². The lowest BCUT2D eigenvalue weighted by Crippen LogP contribution is -2.48. The quantitative estimate of drug-likeness (QED) is 0.523. The summed E-state index contributed by atoms with van der Waals surface area (Å²) < 4.78 is 30.3. The van der Waals surface area contributed by atoms with Crippen LogP contribution < -0.4 is 19.7 Å². The number of hydrogen-bond donors (Lipinski definition) is 1. The largest absolute Gasteiger partial charge is 0.493 e. The summed E-state index contributed by atoms with van der Waals surface area (Å²) in [7, 11) is 2.89. The number of thiocarbonyl (C=S) groups is 1. The van der Waals surface area contributed by atoms with Crippen LogP contribution in [0.4, 0.5) is 10.1 Å². The molecule has 2 aromatic carbocycles. The van der Waals surface area contributed by atoms with E-state index in [4.69, 9.17) is 26.4 Å². The SMILES string of the molecule is CCOc1cc(C2NC(=S)N(c3ccc(C)c(F)c3)C(C)=C2C(=O)OC)ccc1OC. The first-order chi connectivity index (χ1) is 14.8. The molecular weight excluding hydrogens is 419 g/mol. The molecule has 31 heavy (non-hydrogen) atoms. The summed E-state index contributed by atoms with van der Waals surface area (Å²) in [5.41, 5.74) is 2.71. The number of aryl methyl sites for hydroxylation is 1. The van der Waals surface area contributed by atoms with E-state index < -0.39 is 12.0 Å². The summed E-state index contributed by atoms with van der Waals surface area (Å²) in [6, 6.07) is 9.66. The molecule has 0 radical (unpaired) electrons. The zero-order chi connectivity index (χ0) is 22.7. The number of methoxy groups -OCH3 is 2. The van der Waals surface area contributed by atoms with Crippen molar-refractivity contribution in [2.45, 2.75) is 26.8 Å². The van der Waals surface area contributed by atoms with Gasteiger partial charge in [-0.1, -0.05) is 12.1 Å². The van der Waals surface area contributed by atoms with Crippen molar-refractivity contribution >= 4 is 29.0 Å². The van der Waals surface area contributed by atoms with Crippen LogP contribution in [0.15, 0.2) is 47.7 Å². The Morgan fingerprint density at radius 3 is 2.52 bits per heavy atom. The number of nitrogens with one attached hydrogen (secondary N) is 1. The lowest BCUT2D eigenvalue weighted by molar-refractivity contribution is -0.136. The predicted octanol–water partition coefficient (Wildman–Crippen LogP) is 4.42. The van der Waals surface area contributed by atoms with Crippen molar-refractivity contribution in [3.8, 4) is 11.5 Å². The van der Waals surface area contributed by atoms with Crippen LogP contribution in [0.2, 0.25) is 0 Å². The Morgan fingerprint density at radius 1 is 1.16 bits per heavy atom. The first kappa shape index (κ1) is 22.6. The standard InChI is InChI=1S/C23H25FN2O4S/c1-6-30-19-11-15(8-10-18(19)28-4)21-20(22(27)29-5)14(3)26(23(31)25-21)16-9-7-13(2)17(24)12-16/h7-12,21H,6H2,1-5H3,(H,25,31). The molecule has 0 bridgehead atoms. The molecule has 1 atom stereocenters. The second-order valence-electron chi connectivity index (χ2n) is 6.99. The minimum absolute atomic E-state index is 0.340. The van der Waals surface area contributed by atoms with Crippen molar-refractivity contribution in [2.75, 3.05) is 25.7 Å². The summed E-state index contributed by atoms with van der Waals surface area (Å²) in [5.74, 6) is 0.274. The first-order valence-electron chi connectivity index (χ1n) is 9.78. The summed E-state index contributed by atoms with van der Waals surface area (Å²) in [4.78, 5) is 14.4. The fraction of sp³-hybridized carbons (Fsp3) is 0.304. The number of rotatable bonds is 6. The van der Waals surface area contributed by atoms with Crippen LogP contribution >= 0.6 is 12.2 Å². The number of esters is 1. The highest BCUT2D eigenvalue weighted by Gasteiger charge is 2.35. The van der Waals surface area contributed by atoms with E-state index in [1.54, 1.807) is 50.1 Å². The van der Waals surface area contributed by atoms with E-state index in [2.05, 4.69) is 5.32 Å². The molecule has 1 aliphatic heterocycles. The third-order valence-corrected chi connectivity index (χ3v) is 5.42. The number of benzene rings is 2. The summed E-state index contributed by atoms with van der Waals surface area (Å²) in [6.45, 7) is 5.78. The van der Waals surface area contributed by atoms with Gasteiger partial charge in [0.15, 0.2) is 16.6 Å². The highest BCUT2D eigenvalue weighted by atomic mass is 32.1. The number of ether oxygens (including phenoxy) is 3. The lowest BCUT2D eigenvalue weighted by Gasteiger charge is -2.37. The fourth-order valence-electron chi connectivity index (χ4n) is 3.54. The highest BCUT2D eigenvalue weighted by molar-refractivity contribution is 7.80. The molecule has 0 amide bonds. The molecule has 0 aromatic heterocycles. The Bertz CT molecular complexity index is 1050. The molecule has 0 fully saturated rings. The second kappa shape index (κ2) is 9.34. The van der Waals surface area contributed by atoms with E-state index in [9.17, 15) is 9.18 Å². The maximum Gasteiger partial charge on any atom is 0.337 e. The normalized spacial score (nSPS) is 16.1. The summed E-state index contributed by atoms with van der Waals surface area (Å²) in [6.07, 6.45) is 0. The molecule has 0 aliphatic carbocycles. The van der Waals surface area contributed by atoms with Gasteiger partial charge in [0, 0.05) is 5.70 Å². The summed E-state index contributed by atoms with van der Waals surface area (Å²) >= 11 is 5.60. The number of anilines is 1. The van der Waals surface area contributed by atoms with Crippen molar-refractivity contribution in [1.29, 1.82) is 0 Å². The van der Waals surface area contributed by atoms with Gasteiger partial charge < -0.3 is 19.5 Å². The van der Waals surface area contributed by atoms with Crippen molar-refractivity contribution in [3.63, 3.8) is 0 Å². The van der Waals surface area contributed by atoms with Crippen LogP contribution in [-0.4, -0.2) is 31.9 Å². The van der Waals surface area contributed by atoms with Gasteiger partial charge in [0.2, 0.25) is 0 Å². The number of carbonyl (C=O) groups excluding carboxylic acids is 1. The van der Waals surface area contributed by atoms with Gasteiger partial charge in [-0.25, -0.2) is 9.18 Å². The number of halogens is 1. The Labute approximate surface area is 186 Å². The third kappa shape index (κ3) is 4.34. The molecule has 1 heterocycles. The van der Waals surface area contributed by atoms with Crippen molar-refractivity contribution < 1.29 is 23.4 Å². The average molecular weight is 445 g/mol. The van der Waals surface area contributed by atoms with Gasteiger partial charge in [0.1, 0.15) is 5.82 Å². The Morgan fingerprint density at radius 2 is 1.90 bits per heavy atom. The monoisotopic (exact) mass is 444 g/mol. The lowest BCUT2D eigenvalue weighted by atomic mass is 9.94. The van der Waals surface area contributed by atoms with Crippen molar-refractivity contribution in [2.24, 2.45) is 0 Å². The van der Waals surface area contributed by atoms with Gasteiger partial charge >= 0.3 is 5.97 Å². The maximum atomic E-state index is 14.2. The molecule has 3 rings (SSSR count). The molecule has 1 unspecified atom stereocenters. The third-order valence-electron chi connectivity index (χ3n) is 5.12. The molecule has 2 aromatic rings. The minimum Gasteiger partial charge on any atom is -0.493 e. The number of hydrogen-bond acceptors (Lipinski definition) is 5. The molecule has 164 valence electrons. The molecule has 0 saturated heterocycles. The fourth-order valence-corrected chi connectivity index (χ4v) is 3.90. The molecule has 6 nitrogen and oxygen atoms in total. The van der Waals surface area contributed by atoms with Crippen molar-refractivity contribution in [3.05, 3.63) is 64.6 Å². The van der Waals surface area contributed by atoms with E-state index in [-0.39, 0.29) is 5.82 Å². The van der Waals surface area contributed by atoms with E-state index in [0.717, 1.165) is 5.56 Å². The molecular formula is C23H25FN2O4S. The first-order valence-corrected chi connectivity index (χ1v) is 10.2. The molecule has 1 N–H and O–H groups in total. The zero-order valence-corrected chi connectivity index (χ0v) is 18.9. The van der Waals surface area contributed by atoms with Gasteiger partial charge in [0.05, 0.1) is 38.1 Å². The maximum absolute atomic E-state index is 14.2. The van der Waals surface area contributed by atoms with Crippen LogP contribution in [-0.2, 0) is 9.53 Å². The highest BCUT2D eigenvalue weighted by Crippen LogP contribution is 2.37. The van der Waals surface area contributed by atoms with E-state index in [1.165, 1.54) is 13.2 Å². The van der Waals surface area contributed by atoms with E-state index in [0.29, 0.717) is 45.7 Å². The summed E-state index contributed by atoms with van der Waals surface area (Å²) in [5, 5.41) is 3.54. The zero-order valence-electron chi connectivity index (χ0n) is 18.1. The van der Waals surface area contributed by atoms with Gasteiger partial charge in [0.25, 0.3) is 0 Å². The molecule has 8 heteroatoms. The van der Waals surface area contributed by atoms with Crippen LogP contribution in [0.1, 0.15) is 31.0 Å². The number of carbonyl (C=O) groups is 1. The molecule has 0 saturated carbocycles. The van der Waals surface area contributed by atoms with Gasteiger partial charge in [-0.05, 0) is 68.4 Å². The smallest absolute Gasteiger partial charge is 0.337 e. The Hall–Kier alpha value is -3.13. The number of nitrogens with zero attached hydrogens (tertiary/aromatic N) is 1. The van der Waals surface area contributed by atoms with Gasteiger partial charge in [-0.15, -0.1) is 0 Å². The van der Waals surface area contributed by atoms with E-state index in [1.807, 2.05) is 13.0 Å². The average Bonchev–Trinajstić information content (AvgIpc) is 2.75. The topological polar surface area (TPSA) is 60.0 Å². The van der Waals surface area contributed by atoms with Crippen LogP contribution in [0.25, 0.3) is 0 Å². The van der Waals surface area contributed by atoms with Gasteiger partial charge in [-0.3, -0.25) is 4.90 Å². The van der Waals surface area contributed by atoms with Gasteiger partial charge in [-0.2, -0.15) is 0 Å².